The van der Waals surface area contributed by atoms with Gasteiger partial charge in [-0.25, -0.2) is 0 Å². The van der Waals surface area contributed by atoms with E-state index in [0.29, 0.717) is 35.7 Å². The highest BCUT2D eigenvalue weighted by atomic mass is 16.6. The number of unbranched alkanes of at least 4 members (excludes halogenated alkanes) is 12. The van der Waals surface area contributed by atoms with Gasteiger partial charge >= 0.3 is 5.97 Å². The standard InChI is InChI=1S/C37H60O4/c1-4-5-6-7-8-9-10-11-12-13-14-15-16-17-34(38)41-28-37(39-3)27-36-24-20-31-30-22-25-40-32(30)21-23-35(31,2)33(36)19-18-29(37)26-36/h22,25,29,31,33H,4-21,23-24,26-28H2,1-3H3/t29-,31-,33+,35-,36+,37+/m1/s1. The molecule has 41 heavy (non-hydrogen) atoms. The molecule has 1 aromatic heterocycles. The maximum absolute atomic E-state index is 12.8. The van der Waals surface area contributed by atoms with Gasteiger partial charge in [-0.2, -0.15) is 0 Å². The number of fused-ring (bicyclic) bond motifs is 5. The van der Waals surface area contributed by atoms with Crippen molar-refractivity contribution in [2.24, 2.45) is 22.7 Å². The van der Waals surface area contributed by atoms with Crippen LogP contribution in [0.4, 0.5) is 0 Å². The molecule has 1 aromatic rings. The van der Waals surface area contributed by atoms with Crippen molar-refractivity contribution in [1.82, 2.24) is 0 Å². The van der Waals surface area contributed by atoms with Crippen molar-refractivity contribution in [3.05, 3.63) is 23.7 Å². The summed E-state index contributed by atoms with van der Waals surface area (Å²) < 4.78 is 18.2. The first kappa shape index (κ1) is 31.1. The number of rotatable bonds is 17. The fourth-order valence-electron chi connectivity index (χ4n) is 10.3. The number of aryl methyl sites for hydroxylation is 1. The molecule has 4 nitrogen and oxygen atoms in total. The molecule has 0 N–H and O–H groups in total. The number of methoxy groups -OCH3 is 1. The molecule has 3 fully saturated rings. The van der Waals surface area contributed by atoms with E-state index < -0.39 is 0 Å². The number of carbonyl (C=O) groups is 1. The summed E-state index contributed by atoms with van der Waals surface area (Å²) in [6.07, 6.45) is 29.3. The lowest BCUT2D eigenvalue weighted by Crippen LogP contribution is -2.51. The fourth-order valence-corrected chi connectivity index (χ4v) is 10.3. The van der Waals surface area contributed by atoms with E-state index in [1.54, 1.807) is 0 Å². The molecule has 6 atom stereocenters. The first-order valence-corrected chi connectivity index (χ1v) is 17.7. The Labute approximate surface area is 251 Å². The Balaban J connectivity index is 1.02. The van der Waals surface area contributed by atoms with Gasteiger partial charge < -0.3 is 13.9 Å². The lowest BCUT2D eigenvalue weighted by atomic mass is 9.45. The van der Waals surface area contributed by atoms with Crippen LogP contribution in [0.3, 0.4) is 0 Å². The van der Waals surface area contributed by atoms with E-state index in [9.17, 15) is 4.79 Å². The second-order valence-electron chi connectivity index (χ2n) is 14.9. The number of hydrogen-bond donors (Lipinski definition) is 0. The van der Waals surface area contributed by atoms with E-state index in [-0.39, 0.29) is 11.6 Å². The minimum absolute atomic E-state index is 0.0181. The molecule has 2 bridgehead atoms. The van der Waals surface area contributed by atoms with E-state index in [0.717, 1.165) is 31.6 Å². The normalized spacial score (nSPS) is 33.7. The van der Waals surface area contributed by atoms with Crippen molar-refractivity contribution >= 4 is 5.97 Å². The van der Waals surface area contributed by atoms with Gasteiger partial charge in [0.15, 0.2) is 0 Å². The molecule has 5 rings (SSSR count). The number of hydrogen-bond acceptors (Lipinski definition) is 4. The Hall–Kier alpha value is -1.29. The lowest BCUT2D eigenvalue weighted by molar-refractivity contribution is -0.157. The molecular formula is C37H60O4. The van der Waals surface area contributed by atoms with Crippen molar-refractivity contribution in [2.45, 2.75) is 167 Å². The SMILES string of the molecule is CCCCCCCCCCCCCCCC(=O)OC[C@@]1(OC)C[C@@]23CC[C@@H]4c5ccoc5CC[C@@]4(C)[C@@H]2CC[C@@H]1C3. The van der Waals surface area contributed by atoms with Crippen LogP contribution in [-0.2, 0) is 20.7 Å². The fraction of sp³-hybridized carbons (Fsp3) is 0.865. The molecule has 1 heterocycles. The number of furan rings is 1. The molecule has 0 radical (unpaired) electrons. The smallest absolute Gasteiger partial charge is 0.305 e. The van der Waals surface area contributed by atoms with Crippen LogP contribution in [0.5, 0.6) is 0 Å². The molecule has 4 aliphatic rings. The molecule has 4 heteroatoms. The van der Waals surface area contributed by atoms with Crippen LogP contribution in [0.2, 0.25) is 0 Å². The molecular weight excluding hydrogens is 508 g/mol. The molecule has 232 valence electrons. The molecule has 0 amide bonds. The molecule has 0 aromatic carbocycles. The Kier molecular flexibility index (Phi) is 10.6. The van der Waals surface area contributed by atoms with E-state index in [1.165, 1.54) is 120 Å². The summed E-state index contributed by atoms with van der Waals surface area (Å²) in [6.45, 7) is 5.32. The lowest BCUT2D eigenvalue weighted by Gasteiger charge is -2.59. The van der Waals surface area contributed by atoms with Crippen LogP contribution >= 0.6 is 0 Å². The summed E-state index contributed by atoms with van der Waals surface area (Å²) in [6, 6.07) is 2.26. The first-order chi connectivity index (χ1) is 20.0. The maximum Gasteiger partial charge on any atom is 0.305 e. The first-order valence-electron chi connectivity index (χ1n) is 17.7. The molecule has 4 aliphatic carbocycles. The van der Waals surface area contributed by atoms with Gasteiger partial charge in [0, 0.05) is 20.0 Å². The number of esters is 1. The third kappa shape index (κ3) is 6.63. The molecule has 0 saturated heterocycles. The van der Waals surface area contributed by atoms with Gasteiger partial charge in [-0.3, -0.25) is 4.79 Å². The highest BCUT2D eigenvalue weighted by molar-refractivity contribution is 5.69. The zero-order valence-corrected chi connectivity index (χ0v) is 26.8. The maximum atomic E-state index is 12.8. The minimum Gasteiger partial charge on any atom is -0.469 e. The van der Waals surface area contributed by atoms with E-state index in [2.05, 4.69) is 19.9 Å². The number of carbonyl (C=O) groups excluding carboxylic acids is 1. The van der Waals surface area contributed by atoms with Crippen LogP contribution in [0.1, 0.15) is 166 Å². The van der Waals surface area contributed by atoms with Crippen LogP contribution < -0.4 is 0 Å². The van der Waals surface area contributed by atoms with Gasteiger partial charge in [-0.05, 0) is 91.6 Å². The van der Waals surface area contributed by atoms with E-state index >= 15 is 0 Å². The van der Waals surface area contributed by atoms with Crippen molar-refractivity contribution in [2.75, 3.05) is 13.7 Å². The highest BCUT2D eigenvalue weighted by Crippen LogP contribution is 2.72. The molecule has 3 saturated carbocycles. The third-order valence-electron chi connectivity index (χ3n) is 12.5. The summed E-state index contributed by atoms with van der Waals surface area (Å²) in [5.41, 5.74) is 1.88. The second-order valence-corrected chi connectivity index (χ2v) is 14.9. The minimum atomic E-state index is -0.293. The largest absolute Gasteiger partial charge is 0.469 e. The third-order valence-corrected chi connectivity index (χ3v) is 12.5. The predicted molar refractivity (Wildman–Crippen MR) is 166 cm³/mol. The quantitative estimate of drug-likeness (QED) is 0.139. The topological polar surface area (TPSA) is 48.7 Å². The second kappa shape index (κ2) is 14.0. The summed E-state index contributed by atoms with van der Waals surface area (Å²) in [5, 5.41) is 0. The monoisotopic (exact) mass is 568 g/mol. The van der Waals surface area contributed by atoms with Gasteiger partial charge in [-0.1, -0.05) is 90.9 Å². The van der Waals surface area contributed by atoms with Crippen LogP contribution in [-0.4, -0.2) is 25.3 Å². The summed E-state index contributed by atoms with van der Waals surface area (Å²) in [4.78, 5) is 12.8. The molecule has 0 aliphatic heterocycles. The summed E-state index contributed by atoms with van der Waals surface area (Å²) >= 11 is 0. The summed E-state index contributed by atoms with van der Waals surface area (Å²) in [7, 11) is 1.87. The zero-order chi connectivity index (χ0) is 28.8. The highest BCUT2D eigenvalue weighted by Gasteiger charge is 2.66. The summed E-state index contributed by atoms with van der Waals surface area (Å²) in [5.74, 6) is 3.10. The average molecular weight is 569 g/mol. The van der Waals surface area contributed by atoms with Gasteiger partial charge in [0.25, 0.3) is 0 Å². The average Bonchev–Trinajstić information content (AvgIpc) is 3.54. The Morgan fingerprint density at radius 3 is 2.29 bits per heavy atom. The Bertz CT molecular complexity index is 968. The molecule has 0 unspecified atom stereocenters. The van der Waals surface area contributed by atoms with Gasteiger partial charge in [-0.15, -0.1) is 0 Å². The Morgan fingerprint density at radius 1 is 0.927 bits per heavy atom. The van der Waals surface area contributed by atoms with E-state index in [4.69, 9.17) is 13.9 Å². The van der Waals surface area contributed by atoms with E-state index in [1.807, 2.05) is 13.4 Å². The molecule has 1 spiro atoms. The van der Waals surface area contributed by atoms with Crippen molar-refractivity contribution in [1.29, 1.82) is 0 Å². The van der Waals surface area contributed by atoms with Crippen molar-refractivity contribution in [3.63, 3.8) is 0 Å². The van der Waals surface area contributed by atoms with Crippen molar-refractivity contribution < 1.29 is 18.7 Å². The van der Waals surface area contributed by atoms with Crippen LogP contribution in [0.25, 0.3) is 0 Å². The van der Waals surface area contributed by atoms with Crippen LogP contribution in [0.15, 0.2) is 16.7 Å². The number of ether oxygens (including phenoxy) is 2. The van der Waals surface area contributed by atoms with Crippen LogP contribution in [0, 0.1) is 22.7 Å². The van der Waals surface area contributed by atoms with Gasteiger partial charge in [0.1, 0.15) is 18.0 Å². The van der Waals surface area contributed by atoms with Crippen molar-refractivity contribution in [3.8, 4) is 0 Å². The van der Waals surface area contributed by atoms with Gasteiger partial charge in [0.2, 0.25) is 0 Å². The zero-order valence-electron chi connectivity index (χ0n) is 26.8. The predicted octanol–water partition coefficient (Wildman–Crippen LogP) is 10.3. The van der Waals surface area contributed by atoms with Gasteiger partial charge in [0.05, 0.1) is 6.26 Å². The Morgan fingerprint density at radius 2 is 1.61 bits per heavy atom.